The quantitative estimate of drug-likeness (QED) is 0.883. The molecule has 2 rings (SSSR count). The molecule has 88 valence electrons. The summed E-state index contributed by atoms with van der Waals surface area (Å²) in [5.41, 5.74) is 0.611. The lowest BCUT2D eigenvalue weighted by Crippen LogP contribution is -1.99. The maximum Gasteiger partial charge on any atom is 0.218 e. The Morgan fingerprint density at radius 1 is 1.24 bits per heavy atom. The molecule has 0 aliphatic carbocycles. The van der Waals surface area contributed by atoms with Crippen molar-refractivity contribution in [3.63, 3.8) is 0 Å². The van der Waals surface area contributed by atoms with E-state index < -0.39 is 0 Å². The number of hydrogen-bond acceptors (Lipinski definition) is 4. The number of benzene rings is 1. The second kappa shape index (κ2) is 4.78. The summed E-state index contributed by atoms with van der Waals surface area (Å²) in [6.45, 7) is 0. The van der Waals surface area contributed by atoms with Crippen molar-refractivity contribution < 1.29 is 9.13 Å². The molecule has 0 spiro atoms. The molecule has 1 heterocycles. The Kier molecular flexibility index (Phi) is 3.18. The highest BCUT2D eigenvalue weighted by atomic mass is 19.1. The van der Waals surface area contributed by atoms with Crippen molar-refractivity contribution in [2.75, 3.05) is 19.5 Å². The van der Waals surface area contributed by atoms with Crippen LogP contribution in [0.5, 0.6) is 5.88 Å². The summed E-state index contributed by atoms with van der Waals surface area (Å²) in [7, 11) is 3.27. The lowest BCUT2D eigenvalue weighted by atomic mass is 10.2. The molecule has 0 bridgehead atoms. The third-order valence-electron chi connectivity index (χ3n) is 2.25. The van der Waals surface area contributed by atoms with E-state index in [0.717, 1.165) is 0 Å². The Morgan fingerprint density at radius 3 is 2.71 bits per heavy atom. The first-order valence-electron chi connectivity index (χ1n) is 5.09. The molecule has 0 saturated carbocycles. The molecule has 0 aliphatic rings. The predicted molar refractivity (Wildman–Crippen MR) is 63.5 cm³/mol. The van der Waals surface area contributed by atoms with E-state index in [2.05, 4.69) is 15.3 Å². The van der Waals surface area contributed by atoms with Crippen LogP contribution in [0.25, 0.3) is 11.4 Å². The lowest BCUT2D eigenvalue weighted by molar-refractivity contribution is 0.398. The summed E-state index contributed by atoms with van der Waals surface area (Å²) in [5, 5.41) is 2.90. The zero-order chi connectivity index (χ0) is 12.3. The number of ether oxygens (including phenoxy) is 1. The van der Waals surface area contributed by atoms with Gasteiger partial charge in [-0.15, -0.1) is 0 Å². The molecule has 0 atom stereocenters. The molecule has 17 heavy (non-hydrogen) atoms. The lowest BCUT2D eigenvalue weighted by Gasteiger charge is -2.06. The number of rotatable bonds is 3. The van der Waals surface area contributed by atoms with Gasteiger partial charge in [0, 0.05) is 18.7 Å². The van der Waals surface area contributed by atoms with Gasteiger partial charge < -0.3 is 10.1 Å². The smallest absolute Gasteiger partial charge is 0.218 e. The van der Waals surface area contributed by atoms with Crippen LogP contribution in [0, 0.1) is 5.82 Å². The summed E-state index contributed by atoms with van der Waals surface area (Å²) < 4.78 is 18.2. The van der Waals surface area contributed by atoms with Gasteiger partial charge >= 0.3 is 0 Å². The van der Waals surface area contributed by atoms with Crippen molar-refractivity contribution >= 4 is 5.82 Å². The first kappa shape index (κ1) is 11.3. The second-order valence-electron chi connectivity index (χ2n) is 3.38. The molecule has 4 nitrogen and oxygen atoms in total. The Hall–Kier alpha value is -2.17. The van der Waals surface area contributed by atoms with Crippen LogP contribution in [0.2, 0.25) is 0 Å². The minimum atomic E-state index is -0.320. The molecule has 0 saturated heterocycles. The fourth-order valence-corrected chi connectivity index (χ4v) is 1.41. The highest BCUT2D eigenvalue weighted by molar-refractivity contribution is 5.58. The molecular formula is C12H12FN3O. The highest BCUT2D eigenvalue weighted by Crippen LogP contribution is 2.21. The maximum absolute atomic E-state index is 13.1. The van der Waals surface area contributed by atoms with Gasteiger partial charge in [-0.05, 0) is 12.1 Å². The monoisotopic (exact) mass is 233 g/mol. The largest absolute Gasteiger partial charge is 0.481 e. The molecule has 1 aromatic carbocycles. The topological polar surface area (TPSA) is 47.0 Å². The molecular weight excluding hydrogens is 221 g/mol. The van der Waals surface area contributed by atoms with Gasteiger partial charge in [0.05, 0.1) is 7.11 Å². The molecule has 0 fully saturated rings. The Balaban J connectivity index is 2.50. The minimum absolute atomic E-state index is 0.320. The molecule has 0 radical (unpaired) electrons. The van der Waals surface area contributed by atoms with E-state index in [1.54, 1.807) is 25.2 Å². The van der Waals surface area contributed by atoms with Crippen LogP contribution in [-0.2, 0) is 0 Å². The number of anilines is 1. The van der Waals surface area contributed by atoms with Gasteiger partial charge in [0.15, 0.2) is 5.82 Å². The van der Waals surface area contributed by atoms with E-state index in [1.807, 2.05) is 0 Å². The van der Waals surface area contributed by atoms with Crippen molar-refractivity contribution in [3.05, 3.63) is 36.1 Å². The normalized spacial score (nSPS) is 10.1. The number of hydrogen-bond donors (Lipinski definition) is 1. The van der Waals surface area contributed by atoms with Gasteiger partial charge in [-0.3, -0.25) is 0 Å². The van der Waals surface area contributed by atoms with Crippen molar-refractivity contribution in [3.8, 4) is 17.3 Å². The number of nitrogens with zero attached hydrogens (tertiary/aromatic N) is 2. The summed E-state index contributed by atoms with van der Waals surface area (Å²) >= 11 is 0. The van der Waals surface area contributed by atoms with Crippen LogP contribution in [-0.4, -0.2) is 24.1 Å². The van der Waals surface area contributed by atoms with Crippen LogP contribution in [0.3, 0.4) is 0 Å². The fraction of sp³-hybridized carbons (Fsp3) is 0.167. The molecule has 1 N–H and O–H groups in total. The van der Waals surface area contributed by atoms with Gasteiger partial charge in [-0.2, -0.15) is 4.98 Å². The molecule has 0 unspecified atom stereocenters. The Bertz CT molecular complexity index is 509. The van der Waals surface area contributed by atoms with Gasteiger partial charge in [0.1, 0.15) is 11.6 Å². The van der Waals surface area contributed by atoms with Crippen molar-refractivity contribution in [2.24, 2.45) is 0 Å². The number of halogens is 1. The van der Waals surface area contributed by atoms with Gasteiger partial charge in [-0.1, -0.05) is 12.1 Å². The third-order valence-corrected chi connectivity index (χ3v) is 2.25. The number of methoxy groups -OCH3 is 1. The van der Waals surface area contributed by atoms with Crippen LogP contribution >= 0.6 is 0 Å². The van der Waals surface area contributed by atoms with E-state index in [9.17, 15) is 4.39 Å². The van der Waals surface area contributed by atoms with E-state index >= 15 is 0 Å². The standard InChI is InChI=1S/C12H12FN3O/c1-14-10-7-11(17-2)16-12(15-10)8-4-3-5-9(13)6-8/h3-7H,1-2H3,(H,14,15,16). The highest BCUT2D eigenvalue weighted by Gasteiger charge is 2.07. The summed E-state index contributed by atoms with van der Waals surface area (Å²) in [5.74, 6) is 1.16. The van der Waals surface area contributed by atoms with Crippen molar-refractivity contribution in [1.82, 2.24) is 9.97 Å². The summed E-state index contributed by atoms with van der Waals surface area (Å²) in [6, 6.07) is 7.80. The number of nitrogens with one attached hydrogen (secondary N) is 1. The van der Waals surface area contributed by atoms with E-state index in [1.165, 1.54) is 19.2 Å². The van der Waals surface area contributed by atoms with Crippen molar-refractivity contribution in [1.29, 1.82) is 0 Å². The van der Waals surface area contributed by atoms with Gasteiger partial charge in [-0.25, -0.2) is 9.37 Å². The average Bonchev–Trinajstić information content (AvgIpc) is 2.38. The van der Waals surface area contributed by atoms with Crippen LogP contribution in [0.15, 0.2) is 30.3 Å². The first-order chi connectivity index (χ1) is 8.22. The summed E-state index contributed by atoms with van der Waals surface area (Å²) in [6.07, 6.45) is 0. The Labute approximate surface area is 98.5 Å². The molecule has 5 heteroatoms. The van der Waals surface area contributed by atoms with E-state index in [4.69, 9.17) is 4.74 Å². The molecule has 1 aromatic heterocycles. The number of aromatic nitrogens is 2. The SMILES string of the molecule is CNc1cc(OC)nc(-c2cccc(F)c2)n1. The van der Waals surface area contributed by atoms with Crippen LogP contribution in [0.4, 0.5) is 10.2 Å². The first-order valence-corrected chi connectivity index (χ1v) is 5.09. The maximum atomic E-state index is 13.1. The average molecular weight is 233 g/mol. The summed E-state index contributed by atoms with van der Waals surface area (Å²) in [4.78, 5) is 8.41. The van der Waals surface area contributed by atoms with E-state index in [-0.39, 0.29) is 5.82 Å². The zero-order valence-corrected chi connectivity index (χ0v) is 9.57. The Morgan fingerprint density at radius 2 is 2.06 bits per heavy atom. The van der Waals surface area contributed by atoms with E-state index in [0.29, 0.717) is 23.1 Å². The molecule has 2 aromatic rings. The predicted octanol–water partition coefficient (Wildman–Crippen LogP) is 2.33. The van der Waals surface area contributed by atoms with Crippen LogP contribution in [0.1, 0.15) is 0 Å². The van der Waals surface area contributed by atoms with Gasteiger partial charge in [0.25, 0.3) is 0 Å². The minimum Gasteiger partial charge on any atom is -0.481 e. The van der Waals surface area contributed by atoms with Gasteiger partial charge in [0.2, 0.25) is 5.88 Å². The van der Waals surface area contributed by atoms with Crippen molar-refractivity contribution in [2.45, 2.75) is 0 Å². The second-order valence-corrected chi connectivity index (χ2v) is 3.38. The molecule has 0 amide bonds. The zero-order valence-electron chi connectivity index (χ0n) is 9.57. The third kappa shape index (κ3) is 2.50. The fourth-order valence-electron chi connectivity index (χ4n) is 1.41. The molecule has 0 aliphatic heterocycles. The van der Waals surface area contributed by atoms with Crippen LogP contribution < -0.4 is 10.1 Å².